The Labute approximate surface area is 159 Å². The standard InChI is InChI=1S/C21H25NO5/c1-6-26-19(24)21(4,20(25)27-7-2)17-13-12-16(22(17)5)18(23)15-10-8-14(3)9-11-15/h8-13H,6-7H2,1-5H3. The van der Waals surface area contributed by atoms with Crippen LogP contribution in [0, 0.1) is 6.92 Å². The second-order valence-corrected chi connectivity index (χ2v) is 6.42. The quantitative estimate of drug-likeness (QED) is 0.425. The Morgan fingerprint density at radius 2 is 1.44 bits per heavy atom. The zero-order chi connectivity index (χ0) is 20.2. The molecule has 0 fully saturated rings. The number of esters is 2. The van der Waals surface area contributed by atoms with Crippen molar-refractivity contribution in [3.05, 3.63) is 58.9 Å². The molecule has 0 aliphatic heterocycles. The molecule has 0 atom stereocenters. The number of benzene rings is 1. The summed E-state index contributed by atoms with van der Waals surface area (Å²) in [6.45, 7) is 7.00. The van der Waals surface area contributed by atoms with Crippen molar-refractivity contribution in [1.29, 1.82) is 0 Å². The zero-order valence-corrected chi connectivity index (χ0v) is 16.4. The summed E-state index contributed by atoms with van der Waals surface area (Å²) >= 11 is 0. The van der Waals surface area contributed by atoms with Crippen molar-refractivity contribution in [2.24, 2.45) is 7.05 Å². The van der Waals surface area contributed by atoms with Crippen LogP contribution in [-0.4, -0.2) is 35.5 Å². The third-order valence-electron chi connectivity index (χ3n) is 4.55. The fraction of sp³-hybridized carbons (Fsp3) is 0.381. The molecule has 0 radical (unpaired) electrons. The molecule has 0 amide bonds. The summed E-state index contributed by atoms with van der Waals surface area (Å²) in [7, 11) is 1.65. The molecule has 0 unspecified atom stereocenters. The molecule has 1 aromatic carbocycles. The van der Waals surface area contributed by atoms with Crippen LogP contribution in [0.2, 0.25) is 0 Å². The Morgan fingerprint density at radius 1 is 0.926 bits per heavy atom. The van der Waals surface area contributed by atoms with E-state index in [0.29, 0.717) is 17.0 Å². The fourth-order valence-electron chi connectivity index (χ4n) is 2.94. The lowest BCUT2D eigenvalue weighted by molar-refractivity contribution is -0.164. The van der Waals surface area contributed by atoms with Gasteiger partial charge in [-0.1, -0.05) is 29.8 Å². The Kier molecular flexibility index (Phi) is 6.20. The van der Waals surface area contributed by atoms with Gasteiger partial charge in [0.05, 0.1) is 18.9 Å². The molecular weight excluding hydrogens is 346 g/mol. The summed E-state index contributed by atoms with van der Waals surface area (Å²) < 4.78 is 11.8. The van der Waals surface area contributed by atoms with Crippen LogP contribution < -0.4 is 0 Å². The Bertz CT molecular complexity index is 830. The second kappa shape index (κ2) is 8.20. The largest absolute Gasteiger partial charge is 0.465 e. The van der Waals surface area contributed by atoms with E-state index < -0.39 is 17.4 Å². The summed E-state index contributed by atoms with van der Waals surface area (Å²) in [5.41, 5.74) is 0.634. The second-order valence-electron chi connectivity index (χ2n) is 6.42. The van der Waals surface area contributed by atoms with Crippen molar-refractivity contribution in [1.82, 2.24) is 4.57 Å². The van der Waals surface area contributed by atoms with Gasteiger partial charge in [-0.3, -0.25) is 14.4 Å². The fourth-order valence-corrected chi connectivity index (χ4v) is 2.94. The van der Waals surface area contributed by atoms with Gasteiger partial charge < -0.3 is 14.0 Å². The van der Waals surface area contributed by atoms with E-state index in [1.54, 1.807) is 49.7 Å². The van der Waals surface area contributed by atoms with Crippen molar-refractivity contribution < 1.29 is 23.9 Å². The van der Waals surface area contributed by atoms with Crippen LogP contribution >= 0.6 is 0 Å². The molecule has 0 spiro atoms. The molecule has 144 valence electrons. The van der Waals surface area contributed by atoms with Gasteiger partial charge in [0.25, 0.3) is 0 Å². The van der Waals surface area contributed by atoms with E-state index in [1.807, 2.05) is 19.1 Å². The number of aromatic nitrogens is 1. The van der Waals surface area contributed by atoms with E-state index in [1.165, 1.54) is 6.92 Å². The molecule has 0 aliphatic rings. The van der Waals surface area contributed by atoms with Gasteiger partial charge in [-0.05, 0) is 39.8 Å². The van der Waals surface area contributed by atoms with Crippen LogP contribution in [0.5, 0.6) is 0 Å². The van der Waals surface area contributed by atoms with E-state index in [9.17, 15) is 14.4 Å². The Morgan fingerprint density at radius 3 is 1.93 bits per heavy atom. The van der Waals surface area contributed by atoms with Crippen molar-refractivity contribution in [3.63, 3.8) is 0 Å². The lowest BCUT2D eigenvalue weighted by atomic mass is 9.86. The van der Waals surface area contributed by atoms with Gasteiger partial charge in [0.2, 0.25) is 11.2 Å². The normalized spacial score (nSPS) is 11.1. The van der Waals surface area contributed by atoms with Gasteiger partial charge in [0.1, 0.15) is 0 Å². The molecule has 0 saturated heterocycles. The predicted octanol–water partition coefficient (Wildman–Crippen LogP) is 2.95. The molecule has 6 nitrogen and oxygen atoms in total. The molecular formula is C21H25NO5. The first kappa shape index (κ1) is 20.4. The maximum absolute atomic E-state index is 12.9. The number of nitrogens with zero attached hydrogens (tertiary/aromatic N) is 1. The lowest BCUT2D eigenvalue weighted by Crippen LogP contribution is -2.45. The summed E-state index contributed by atoms with van der Waals surface area (Å²) in [6, 6.07) is 10.4. The van der Waals surface area contributed by atoms with Crippen LogP contribution in [0.1, 0.15) is 48.1 Å². The molecule has 0 saturated carbocycles. The lowest BCUT2D eigenvalue weighted by Gasteiger charge is -2.26. The third-order valence-corrected chi connectivity index (χ3v) is 4.55. The monoisotopic (exact) mass is 371 g/mol. The van der Waals surface area contributed by atoms with Crippen LogP contribution in [-0.2, 0) is 31.5 Å². The van der Waals surface area contributed by atoms with Crippen molar-refractivity contribution in [2.75, 3.05) is 13.2 Å². The van der Waals surface area contributed by atoms with Crippen LogP contribution in [0.3, 0.4) is 0 Å². The minimum Gasteiger partial charge on any atom is -0.465 e. The molecule has 0 N–H and O–H groups in total. The predicted molar refractivity (Wildman–Crippen MR) is 101 cm³/mol. The van der Waals surface area contributed by atoms with Crippen LogP contribution in [0.25, 0.3) is 0 Å². The summed E-state index contributed by atoms with van der Waals surface area (Å²) in [5.74, 6) is -1.61. The van der Waals surface area contributed by atoms with Crippen molar-refractivity contribution in [3.8, 4) is 0 Å². The number of carbonyl (C=O) groups is 3. The van der Waals surface area contributed by atoms with Crippen LogP contribution in [0.4, 0.5) is 0 Å². The van der Waals surface area contributed by atoms with Gasteiger partial charge >= 0.3 is 11.9 Å². The summed E-state index contributed by atoms with van der Waals surface area (Å²) in [5, 5.41) is 0. The molecule has 27 heavy (non-hydrogen) atoms. The van der Waals surface area contributed by atoms with E-state index in [0.717, 1.165) is 5.56 Å². The first-order valence-corrected chi connectivity index (χ1v) is 8.89. The van der Waals surface area contributed by atoms with E-state index >= 15 is 0 Å². The van der Waals surface area contributed by atoms with Gasteiger partial charge in [0, 0.05) is 18.3 Å². The van der Waals surface area contributed by atoms with Gasteiger partial charge in [-0.15, -0.1) is 0 Å². The molecule has 1 aromatic heterocycles. The molecule has 6 heteroatoms. The number of hydrogen-bond donors (Lipinski definition) is 0. The van der Waals surface area contributed by atoms with Gasteiger partial charge in [-0.2, -0.15) is 0 Å². The first-order chi connectivity index (χ1) is 12.8. The number of ether oxygens (including phenoxy) is 2. The smallest absolute Gasteiger partial charge is 0.329 e. The highest BCUT2D eigenvalue weighted by Crippen LogP contribution is 2.29. The SMILES string of the molecule is CCOC(=O)C(C)(C(=O)OCC)c1ccc(C(=O)c2ccc(C)cc2)n1C. The van der Waals surface area contributed by atoms with Crippen molar-refractivity contribution >= 4 is 17.7 Å². The Balaban J connectivity index is 2.50. The number of aryl methyl sites for hydroxylation is 1. The molecule has 2 aromatic rings. The first-order valence-electron chi connectivity index (χ1n) is 8.89. The number of rotatable bonds is 7. The average molecular weight is 371 g/mol. The Hall–Kier alpha value is -2.89. The summed E-state index contributed by atoms with van der Waals surface area (Å²) in [4.78, 5) is 38.1. The molecule has 2 rings (SSSR count). The number of hydrogen-bond acceptors (Lipinski definition) is 5. The van der Waals surface area contributed by atoms with E-state index in [4.69, 9.17) is 9.47 Å². The van der Waals surface area contributed by atoms with Gasteiger partial charge in [-0.25, -0.2) is 0 Å². The van der Waals surface area contributed by atoms with E-state index in [2.05, 4.69) is 0 Å². The zero-order valence-electron chi connectivity index (χ0n) is 16.4. The van der Waals surface area contributed by atoms with E-state index in [-0.39, 0.29) is 19.0 Å². The topological polar surface area (TPSA) is 74.6 Å². The molecule has 1 heterocycles. The summed E-state index contributed by atoms with van der Waals surface area (Å²) in [6.07, 6.45) is 0. The number of ketones is 1. The highest BCUT2D eigenvalue weighted by molar-refractivity contribution is 6.09. The highest BCUT2D eigenvalue weighted by Gasteiger charge is 2.48. The minimum atomic E-state index is -1.66. The maximum Gasteiger partial charge on any atom is 0.329 e. The van der Waals surface area contributed by atoms with Gasteiger partial charge in [0.15, 0.2) is 0 Å². The van der Waals surface area contributed by atoms with Crippen LogP contribution in [0.15, 0.2) is 36.4 Å². The molecule has 0 bridgehead atoms. The third kappa shape index (κ3) is 3.79. The minimum absolute atomic E-state index is 0.132. The number of carbonyl (C=O) groups excluding carboxylic acids is 3. The highest BCUT2D eigenvalue weighted by atomic mass is 16.6. The maximum atomic E-state index is 12.9. The average Bonchev–Trinajstić information content (AvgIpc) is 3.03. The van der Waals surface area contributed by atoms with Crippen molar-refractivity contribution in [2.45, 2.75) is 33.1 Å². The molecule has 0 aliphatic carbocycles.